The Balaban J connectivity index is 1.69. The molecule has 0 bridgehead atoms. The van der Waals surface area contributed by atoms with Crippen LogP contribution < -0.4 is 20.3 Å². The molecule has 0 saturated heterocycles. The predicted molar refractivity (Wildman–Crippen MR) is 146 cm³/mol. The molecule has 0 radical (unpaired) electrons. The molecule has 0 spiro atoms. The van der Waals surface area contributed by atoms with Gasteiger partial charge in [0, 0.05) is 24.8 Å². The highest BCUT2D eigenvalue weighted by molar-refractivity contribution is 7.92. The number of alkyl halides is 1. The number of methoxy groups -OCH3 is 1. The summed E-state index contributed by atoms with van der Waals surface area (Å²) in [6.45, 7) is 0.849. The first kappa shape index (κ1) is 28.9. The lowest BCUT2D eigenvalue weighted by atomic mass is 10.0. The van der Waals surface area contributed by atoms with Gasteiger partial charge in [-0.05, 0) is 42.0 Å². The normalized spacial score (nSPS) is 12.2. The fourth-order valence-corrected chi connectivity index (χ4v) is 5.51. The fraction of sp³-hybridized carbons (Fsp3) is 0.231. The van der Waals surface area contributed by atoms with E-state index in [1.165, 1.54) is 30.3 Å². The Bertz CT molecular complexity index is 1750. The van der Waals surface area contributed by atoms with Crippen LogP contribution in [0.25, 0.3) is 22.0 Å². The summed E-state index contributed by atoms with van der Waals surface area (Å²) < 4.78 is 60.7. The van der Waals surface area contributed by atoms with E-state index in [2.05, 4.69) is 20.0 Å². The van der Waals surface area contributed by atoms with Crippen molar-refractivity contribution in [3.63, 3.8) is 0 Å². The largest absolute Gasteiger partial charge is 0.480 e. The second kappa shape index (κ2) is 12.0. The summed E-state index contributed by atoms with van der Waals surface area (Å²) >= 11 is 5.95. The lowest BCUT2D eigenvalue weighted by Gasteiger charge is -2.14. The number of nitrogens with one attached hydrogen (secondary N) is 2. The molecule has 0 unspecified atom stereocenters. The SMILES string of the molecule is COc1ncc(-c2ccc3ncn(C[C@@H](C)C(=O)NCCF)c(=O)c3c2)cc1NS(=O)(=O)c1ccc(F)cc1Cl. The number of hydrogen-bond acceptors (Lipinski definition) is 7. The van der Waals surface area contributed by atoms with Gasteiger partial charge >= 0.3 is 0 Å². The molecule has 2 heterocycles. The van der Waals surface area contributed by atoms with Crippen molar-refractivity contribution in [1.82, 2.24) is 19.9 Å². The number of carbonyl (C=O) groups excluding carboxylic acids is 1. The Morgan fingerprint density at radius 1 is 1.15 bits per heavy atom. The van der Waals surface area contributed by atoms with E-state index in [9.17, 15) is 26.8 Å². The van der Waals surface area contributed by atoms with E-state index in [1.807, 2.05) is 0 Å². The summed E-state index contributed by atoms with van der Waals surface area (Å²) in [5.74, 6) is -1.72. The zero-order chi connectivity index (χ0) is 29.0. The van der Waals surface area contributed by atoms with Crippen molar-refractivity contribution in [2.45, 2.75) is 18.4 Å². The topological polar surface area (TPSA) is 132 Å². The van der Waals surface area contributed by atoms with E-state index in [1.54, 1.807) is 25.1 Å². The summed E-state index contributed by atoms with van der Waals surface area (Å²) in [6, 6.07) is 9.25. The van der Waals surface area contributed by atoms with Crippen LogP contribution in [0.5, 0.6) is 5.88 Å². The van der Waals surface area contributed by atoms with Crippen molar-refractivity contribution in [2.24, 2.45) is 5.92 Å². The molecule has 0 saturated carbocycles. The predicted octanol–water partition coefficient (Wildman–Crippen LogP) is 3.78. The number of sulfonamides is 1. The van der Waals surface area contributed by atoms with Gasteiger partial charge in [-0.25, -0.2) is 27.2 Å². The zero-order valence-electron chi connectivity index (χ0n) is 21.3. The maximum absolute atomic E-state index is 13.4. The Labute approximate surface area is 233 Å². The van der Waals surface area contributed by atoms with Crippen molar-refractivity contribution in [3.8, 4) is 17.0 Å². The average Bonchev–Trinajstić information content (AvgIpc) is 2.92. The number of fused-ring (bicyclic) bond motifs is 1. The molecule has 0 fully saturated rings. The van der Waals surface area contributed by atoms with Gasteiger partial charge in [-0.2, -0.15) is 0 Å². The zero-order valence-corrected chi connectivity index (χ0v) is 22.9. The van der Waals surface area contributed by atoms with E-state index in [-0.39, 0.29) is 45.9 Å². The molecule has 0 aliphatic carbocycles. The van der Waals surface area contributed by atoms with Crippen LogP contribution >= 0.6 is 11.6 Å². The van der Waals surface area contributed by atoms with E-state index in [0.29, 0.717) is 16.6 Å². The molecule has 10 nitrogen and oxygen atoms in total. The van der Waals surface area contributed by atoms with Gasteiger partial charge in [0.2, 0.25) is 11.8 Å². The Kier molecular flexibility index (Phi) is 8.64. The van der Waals surface area contributed by atoms with Crippen molar-refractivity contribution >= 4 is 44.1 Å². The summed E-state index contributed by atoms with van der Waals surface area (Å²) in [6.07, 6.45) is 2.78. The molecule has 2 aromatic carbocycles. The van der Waals surface area contributed by atoms with Gasteiger partial charge in [0.15, 0.2) is 0 Å². The number of hydrogen-bond donors (Lipinski definition) is 2. The number of aromatic nitrogens is 3. The number of pyridine rings is 1. The van der Waals surface area contributed by atoms with E-state index < -0.39 is 34.0 Å². The molecule has 0 aliphatic rings. The third-order valence-electron chi connectivity index (χ3n) is 5.94. The number of carbonyl (C=O) groups is 1. The smallest absolute Gasteiger partial charge is 0.263 e. The van der Waals surface area contributed by atoms with E-state index in [4.69, 9.17) is 16.3 Å². The van der Waals surface area contributed by atoms with E-state index >= 15 is 0 Å². The second-order valence-corrected chi connectivity index (χ2v) is 10.8. The fourth-order valence-electron chi connectivity index (χ4n) is 3.93. The minimum atomic E-state index is -4.25. The first-order valence-electron chi connectivity index (χ1n) is 11.9. The van der Waals surface area contributed by atoms with Crippen LogP contribution in [0.1, 0.15) is 6.92 Å². The molecule has 1 atom stereocenters. The standard InChI is InChI=1S/C26H24ClF2N5O5S/c1-15(24(35)30-8-7-28)13-34-14-32-21-5-3-16(9-19(21)26(34)36)17-10-22(25(39-2)31-12-17)33-40(37,38)23-6-4-18(29)11-20(23)27/h3-6,9-12,14-15,33H,7-8,13H2,1-2H3,(H,30,35)/t15-/m1/s1. The van der Waals surface area contributed by atoms with Crippen LogP contribution in [0.2, 0.25) is 5.02 Å². The minimum absolute atomic E-state index is 0.0165. The molecule has 4 aromatic rings. The van der Waals surface area contributed by atoms with Gasteiger partial charge in [0.25, 0.3) is 15.6 Å². The lowest BCUT2D eigenvalue weighted by molar-refractivity contribution is -0.124. The summed E-state index contributed by atoms with van der Waals surface area (Å²) in [5.41, 5.74) is 0.961. The van der Waals surface area contributed by atoms with Crippen LogP contribution in [-0.4, -0.2) is 49.2 Å². The van der Waals surface area contributed by atoms with Crippen LogP contribution in [-0.2, 0) is 21.4 Å². The third kappa shape index (κ3) is 6.20. The summed E-state index contributed by atoms with van der Waals surface area (Å²) in [7, 11) is -2.94. The quantitative estimate of drug-likeness (QED) is 0.287. The van der Waals surface area contributed by atoms with E-state index in [0.717, 1.165) is 18.2 Å². The highest BCUT2D eigenvalue weighted by atomic mass is 35.5. The molecule has 14 heteroatoms. The van der Waals surface area contributed by atoms with Gasteiger partial charge in [0.05, 0.1) is 35.3 Å². The number of anilines is 1. The van der Waals surface area contributed by atoms with Crippen molar-refractivity contribution < 1.29 is 26.7 Å². The number of benzene rings is 2. The number of halogens is 3. The van der Waals surface area contributed by atoms with Gasteiger partial charge in [0.1, 0.15) is 23.1 Å². The van der Waals surface area contributed by atoms with Crippen LogP contribution in [0.4, 0.5) is 14.5 Å². The molecule has 210 valence electrons. The minimum Gasteiger partial charge on any atom is -0.480 e. The summed E-state index contributed by atoms with van der Waals surface area (Å²) in [5, 5.41) is 2.40. The molecule has 2 N–H and O–H groups in total. The first-order chi connectivity index (χ1) is 19.0. The number of amides is 1. The second-order valence-electron chi connectivity index (χ2n) is 8.78. The van der Waals surface area contributed by atoms with Crippen LogP contribution in [0, 0.1) is 11.7 Å². The molecule has 40 heavy (non-hydrogen) atoms. The van der Waals surface area contributed by atoms with Gasteiger partial charge in [-0.1, -0.05) is 24.6 Å². The molecule has 1 amide bonds. The molecular weight excluding hydrogens is 568 g/mol. The monoisotopic (exact) mass is 591 g/mol. The number of ether oxygens (including phenoxy) is 1. The average molecular weight is 592 g/mol. The van der Waals surface area contributed by atoms with Crippen LogP contribution in [0.15, 0.2) is 64.7 Å². The van der Waals surface area contributed by atoms with Gasteiger partial charge in [-0.15, -0.1) is 0 Å². The van der Waals surface area contributed by atoms with Gasteiger partial charge < -0.3 is 10.1 Å². The lowest BCUT2D eigenvalue weighted by Crippen LogP contribution is -2.35. The third-order valence-corrected chi connectivity index (χ3v) is 7.79. The van der Waals surface area contributed by atoms with Crippen molar-refractivity contribution in [1.29, 1.82) is 0 Å². The first-order valence-corrected chi connectivity index (χ1v) is 13.8. The molecular formula is C26H24ClF2N5O5S. The maximum Gasteiger partial charge on any atom is 0.263 e. The van der Waals surface area contributed by atoms with Crippen molar-refractivity contribution in [3.05, 3.63) is 76.2 Å². The summed E-state index contributed by atoms with van der Waals surface area (Å²) in [4.78, 5) is 33.5. The maximum atomic E-state index is 13.4. The highest BCUT2D eigenvalue weighted by Gasteiger charge is 2.22. The molecule has 2 aromatic heterocycles. The van der Waals surface area contributed by atoms with Gasteiger partial charge in [-0.3, -0.25) is 18.9 Å². The van der Waals surface area contributed by atoms with Crippen LogP contribution in [0.3, 0.4) is 0 Å². The number of nitrogens with zero attached hydrogens (tertiary/aromatic N) is 3. The Morgan fingerprint density at radius 2 is 1.93 bits per heavy atom. The van der Waals surface area contributed by atoms with Crippen molar-refractivity contribution in [2.75, 3.05) is 25.1 Å². The number of rotatable bonds is 10. The Morgan fingerprint density at radius 3 is 2.62 bits per heavy atom. The Hall–Kier alpha value is -4.10. The molecule has 0 aliphatic heterocycles. The molecule has 4 rings (SSSR count). The highest BCUT2D eigenvalue weighted by Crippen LogP contribution is 2.32.